The van der Waals surface area contributed by atoms with E-state index in [1.165, 1.54) is 0 Å². The van der Waals surface area contributed by atoms with Gasteiger partial charge in [-0.15, -0.1) is 0 Å². The first-order valence-corrected chi connectivity index (χ1v) is 7.06. The summed E-state index contributed by atoms with van der Waals surface area (Å²) in [5, 5.41) is 0. The molecule has 0 aliphatic heterocycles. The van der Waals surface area contributed by atoms with E-state index in [-0.39, 0.29) is 0 Å². The minimum Gasteiger partial charge on any atom is -0.253 e. The SMILES string of the molecule is C=C\C=C/C(=C\C=C)C(/C=C\C(C)=C\C=C)=N\C(C)=C\C=C. The zero-order valence-electron chi connectivity index (χ0n) is 13.6. The number of rotatable bonds is 9. The summed E-state index contributed by atoms with van der Waals surface area (Å²) in [7, 11) is 0. The van der Waals surface area contributed by atoms with Crippen LogP contribution in [-0.2, 0) is 0 Å². The Labute approximate surface area is 135 Å². The molecular weight excluding hydrogens is 266 g/mol. The first kappa shape index (κ1) is 19.3. The van der Waals surface area contributed by atoms with Gasteiger partial charge in [-0.05, 0) is 26.0 Å². The minimum atomic E-state index is 0.838. The fourth-order valence-electron chi connectivity index (χ4n) is 1.57. The van der Waals surface area contributed by atoms with Gasteiger partial charge in [-0.2, -0.15) is 0 Å². The quantitative estimate of drug-likeness (QED) is 0.361. The third-order valence-electron chi connectivity index (χ3n) is 2.55. The second-order valence-corrected chi connectivity index (χ2v) is 4.47. The number of hydrogen-bond donors (Lipinski definition) is 0. The predicted octanol–water partition coefficient (Wildman–Crippen LogP) is 6.06. The highest BCUT2D eigenvalue weighted by atomic mass is 14.7. The first-order chi connectivity index (χ1) is 10.6. The van der Waals surface area contributed by atoms with Crippen LogP contribution in [0.2, 0.25) is 0 Å². The fourth-order valence-corrected chi connectivity index (χ4v) is 1.57. The van der Waals surface area contributed by atoms with Crippen molar-refractivity contribution in [1.82, 2.24) is 0 Å². The largest absolute Gasteiger partial charge is 0.253 e. The Kier molecular flexibility index (Phi) is 10.6. The van der Waals surface area contributed by atoms with Crippen LogP contribution < -0.4 is 0 Å². The highest BCUT2D eigenvalue weighted by Crippen LogP contribution is 2.09. The molecule has 0 atom stereocenters. The van der Waals surface area contributed by atoms with Gasteiger partial charge in [0.1, 0.15) is 0 Å². The Morgan fingerprint density at radius 3 is 1.91 bits per heavy atom. The second-order valence-electron chi connectivity index (χ2n) is 4.47. The molecule has 0 amide bonds. The number of hydrogen-bond acceptors (Lipinski definition) is 1. The molecule has 0 aliphatic carbocycles. The van der Waals surface area contributed by atoms with Gasteiger partial charge in [0.25, 0.3) is 0 Å². The standard InChI is InChI=1S/C21H25N/c1-7-11-15-20(14-10-4)21(22-19(6)13-9-3)17-16-18(5)12-8-2/h7-17H,1-4H2,5-6H3/b15-11-,17-16-,18-12+,19-13+,20-14+,22-21-. The van der Waals surface area contributed by atoms with Gasteiger partial charge in [0.2, 0.25) is 0 Å². The highest BCUT2D eigenvalue weighted by molar-refractivity contribution is 6.11. The Hall–Kier alpha value is -2.67. The molecule has 0 N–H and O–H groups in total. The monoisotopic (exact) mass is 291 g/mol. The molecule has 0 rings (SSSR count). The van der Waals surface area contributed by atoms with Gasteiger partial charge in [-0.25, -0.2) is 0 Å². The molecule has 0 aliphatic rings. The van der Waals surface area contributed by atoms with Gasteiger partial charge in [0.05, 0.1) is 5.71 Å². The van der Waals surface area contributed by atoms with Crippen LogP contribution in [0.5, 0.6) is 0 Å². The van der Waals surface area contributed by atoms with Crippen LogP contribution in [0.25, 0.3) is 0 Å². The third-order valence-corrected chi connectivity index (χ3v) is 2.55. The summed E-state index contributed by atoms with van der Waals surface area (Å²) in [5.41, 5.74) is 3.76. The zero-order chi connectivity index (χ0) is 16.8. The van der Waals surface area contributed by atoms with Gasteiger partial charge in [-0.1, -0.05) is 86.6 Å². The summed E-state index contributed by atoms with van der Waals surface area (Å²) in [6, 6.07) is 0. The average Bonchev–Trinajstić information content (AvgIpc) is 2.48. The van der Waals surface area contributed by atoms with Crippen LogP contribution in [0.1, 0.15) is 13.8 Å². The Balaban J connectivity index is 5.86. The maximum atomic E-state index is 4.64. The molecule has 0 saturated carbocycles. The fraction of sp³-hybridized carbons (Fsp3) is 0.0952. The molecule has 0 unspecified atom stereocenters. The Morgan fingerprint density at radius 1 is 0.727 bits per heavy atom. The van der Waals surface area contributed by atoms with E-state index in [0.29, 0.717) is 0 Å². The van der Waals surface area contributed by atoms with Gasteiger partial charge in [0.15, 0.2) is 0 Å². The lowest BCUT2D eigenvalue weighted by atomic mass is 10.1. The summed E-state index contributed by atoms with van der Waals surface area (Å²) in [6.45, 7) is 18.8. The molecule has 114 valence electrons. The minimum absolute atomic E-state index is 0.838. The van der Waals surface area contributed by atoms with Crippen molar-refractivity contribution in [2.45, 2.75) is 13.8 Å². The molecule has 22 heavy (non-hydrogen) atoms. The van der Waals surface area contributed by atoms with Crippen molar-refractivity contribution >= 4 is 5.71 Å². The molecule has 0 radical (unpaired) electrons. The Bertz CT molecular complexity index is 587. The molecule has 0 aromatic carbocycles. The van der Waals surface area contributed by atoms with E-state index in [1.54, 1.807) is 24.3 Å². The van der Waals surface area contributed by atoms with Crippen LogP contribution in [0.3, 0.4) is 0 Å². The normalized spacial score (nSPS) is 14.5. The van der Waals surface area contributed by atoms with E-state index in [4.69, 9.17) is 0 Å². The maximum absolute atomic E-state index is 4.64. The molecule has 0 aromatic rings. The highest BCUT2D eigenvalue weighted by Gasteiger charge is 2.00. The molecule has 0 bridgehead atoms. The Morgan fingerprint density at radius 2 is 1.36 bits per heavy atom. The van der Waals surface area contributed by atoms with Gasteiger partial charge < -0.3 is 0 Å². The van der Waals surface area contributed by atoms with Crippen molar-refractivity contribution < 1.29 is 0 Å². The van der Waals surface area contributed by atoms with Crippen molar-refractivity contribution in [2.24, 2.45) is 4.99 Å². The smallest absolute Gasteiger partial charge is 0.0705 e. The van der Waals surface area contributed by atoms with Crippen molar-refractivity contribution in [1.29, 1.82) is 0 Å². The van der Waals surface area contributed by atoms with Gasteiger partial charge in [-0.3, -0.25) is 4.99 Å². The first-order valence-electron chi connectivity index (χ1n) is 7.06. The van der Waals surface area contributed by atoms with E-state index in [1.807, 2.05) is 56.4 Å². The zero-order valence-corrected chi connectivity index (χ0v) is 13.6. The molecule has 1 heteroatoms. The lowest BCUT2D eigenvalue weighted by molar-refractivity contribution is 1.30. The molecule has 0 fully saturated rings. The van der Waals surface area contributed by atoms with E-state index >= 15 is 0 Å². The summed E-state index contributed by atoms with van der Waals surface area (Å²) in [4.78, 5) is 4.64. The van der Waals surface area contributed by atoms with Crippen LogP contribution >= 0.6 is 0 Å². The molecule has 0 saturated heterocycles. The van der Waals surface area contributed by atoms with Crippen molar-refractivity contribution in [3.63, 3.8) is 0 Å². The summed E-state index contributed by atoms with van der Waals surface area (Å²) in [5.74, 6) is 0. The van der Waals surface area contributed by atoms with Crippen molar-refractivity contribution in [2.75, 3.05) is 0 Å². The van der Waals surface area contributed by atoms with Gasteiger partial charge >= 0.3 is 0 Å². The van der Waals surface area contributed by atoms with Crippen LogP contribution in [0, 0.1) is 0 Å². The topological polar surface area (TPSA) is 12.4 Å². The van der Waals surface area contributed by atoms with E-state index in [2.05, 4.69) is 31.3 Å². The molecule has 0 aromatic heterocycles. The predicted molar refractivity (Wildman–Crippen MR) is 102 cm³/mol. The molecule has 0 spiro atoms. The number of nitrogens with zero attached hydrogens (tertiary/aromatic N) is 1. The molecule has 1 nitrogen and oxygen atoms in total. The van der Waals surface area contributed by atoms with E-state index in [0.717, 1.165) is 22.6 Å². The van der Waals surface area contributed by atoms with E-state index < -0.39 is 0 Å². The second kappa shape index (κ2) is 12.1. The maximum Gasteiger partial charge on any atom is 0.0705 e. The molecule has 0 heterocycles. The molecular formula is C21H25N. The number of allylic oxidation sites excluding steroid dienone is 14. The van der Waals surface area contributed by atoms with Crippen LogP contribution in [0.4, 0.5) is 0 Å². The average molecular weight is 291 g/mol. The summed E-state index contributed by atoms with van der Waals surface area (Å²) >= 11 is 0. The lowest BCUT2D eigenvalue weighted by Crippen LogP contribution is -1.98. The van der Waals surface area contributed by atoms with Crippen molar-refractivity contribution in [3.05, 3.63) is 110 Å². The summed E-state index contributed by atoms with van der Waals surface area (Å²) < 4.78 is 0. The summed E-state index contributed by atoms with van der Waals surface area (Å²) in [6.07, 6.45) is 20.5. The van der Waals surface area contributed by atoms with E-state index in [9.17, 15) is 0 Å². The van der Waals surface area contributed by atoms with Crippen molar-refractivity contribution in [3.8, 4) is 0 Å². The number of aliphatic imine (C=N–C) groups is 1. The van der Waals surface area contributed by atoms with Crippen LogP contribution in [0.15, 0.2) is 115 Å². The third kappa shape index (κ3) is 8.49. The van der Waals surface area contributed by atoms with Crippen LogP contribution in [-0.4, -0.2) is 5.71 Å². The lowest BCUT2D eigenvalue weighted by Gasteiger charge is -2.04. The van der Waals surface area contributed by atoms with Gasteiger partial charge in [0, 0.05) is 11.3 Å².